The number of nitrogens with two attached hydrogens (primary N) is 1. The average Bonchev–Trinajstić information content (AvgIpc) is 3.15. The maximum Gasteiger partial charge on any atom is 0.363 e. The second-order valence-corrected chi connectivity index (χ2v) is 5.89. The molecule has 3 rings (SSSR count). The Hall–Kier alpha value is -3.27. The quantitative estimate of drug-likeness (QED) is 0.469. The van der Waals surface area contributed by atoms with Crippen molar-refractivity contribution in [1.29, 1.82) is 0 Å². The Morgan fingerprint density at radius 2 is 2.12 bits per heavy atom. The molecule has 1 aliphatic rings. The molecule has 2 amide bonds. The highest BCUT2D eigenvalue weighted by Crippen LogP contribution is 2.16. The zero-order valence-corrected chi connectivity index (χ0v) is 13.7. The predicted octanol–water partition coefficient (Wildman–Crippen LogP) is 1.39. The lowest BCUT2D eigenvalue weighted by molar-refractivity contribution is -0.172. The SMILES string of the molecule is Nc1csc(NN=Cc2cccc(C(=O)ON3C(=O)CCC3=O)c2)n1. The van der Waals surface area contributed by atoms with Crippen LogP contribution in [0.1, 0.15) is 28.8 Å². The number of amides is 2. The van der Waals surface area contributed by atoms with Crippen LogP contribution in [-0.2, 0) is 14.4 Å². The van der Waals surface area contributed by atoms with Crippen LogP contribution in [0.3, 0.4) is 0 Å². The van der Waals surface area contributed by atoms with Crippen molar-refractivity contribution in [2.75, 3.05) is 11.2 Å². The van der Waals surface area contributed by atoms with Gasteiger partial charge in [0.2, 0.25) is 5.13 Å². The number of carbonyl (C=O) groups excluding carboxylic acids is 3. The van der Waals surface area contributed by atoms with E-state index in [9.17, 15) is 14.4 Å². The minimum atomic E-state index is -0.792. The normalized spacial score (nSPS) is 14.3. The van der Waals surface area contributed by atoms with Gasteiger partial charge in [0, 0.05) is 18.2 Å². The van der Waals surface area contributed by atoms with Crippen LogP contribution >= 0.6 is 11.3 Å². The summed E-state index contributed by atoms with van der Waals surface area (Å²) in [6.07, 6.45) is 1.58. The molecular formula is C15H13N5O4S. The molecule has 0 spiro atoms. The molecule has 0 atom stereocenters. The highest BCUT2D eigenvalue weighted by atomic mass is 32.1. The van der Waals surface area contributed by atoms with Gasteiger partial charge in [0.25, 0.3) is 11.8 Å². The third-order valence-electron chi connectivity index (χ3n) is 3.20. The fraction of sp³-hybridized carbons (Fsp3) is 0.133. The summed E-state index contributed by atoms with van der Waals surface area (Å²) in [6, 6.07) is 6.39. The van der Waals surface area contributed by atoms with Crippen LogP contribution in [0.4, 0.5) is 10.9 Å². The third-order valence-corrected chi connectivity index (χ3v) is 3.96. The van der Waals surface area contributed by atoms with Crippen molar-refractivity contribution in [2.24, 2.45) is 5.10 Å². The van der Waals surface area contributed by atoms with Gasteiger partial charge in [-0.2, -0.15) is 5.10 Å². The number of thiazole rings is 1. The van der Waals surface area contributed by atoms with Gasteiger partial charge in [0.1, 0.15) is 5.82 Å². The van der Waals surface area contributed by atoms with Gasteiger partial charge in [-0.25, -0.2) is 9.78 Å². The molecule has 2 aromatic rings. The molecule has 0 unspecified atom stereocenters. The number of rotatable bonds is 5. The maximum absolute atomic E-state index is 12.1. The summed E-state index contributed by atoms with van der Waals surface area (Å²) in [7, 11) is 0. The van der Waals surface area contributed by atoms with Crippen molar-refractivity contribution in [3.63, 3.8) is 0 Å². The van der Waals surface area contributed by atoms with Crippen molar-refractivity contribution < 1.29 is 19.2 Å². The lowest BCUT2D eigenvalue weighted by Crippen LogP contribution is -2.32. The number of hydrogen-bond donors (Lipinski definition) is 2. The molecule has 25 heavy (non-hydrogen) atoms. The van der Waals surface area contributed by atoms with Gasteiger partial charge in [-0.15, -0.1) is 16.4 Å². The molecule has 1 aromatic heterocycles. The van der Waals surface area contributed by atoms with Crippen LogP contribution in [0.25, 0.3) is 0 Å². The number of nitrogens with zero attached hydrogens (tertiary/aromatic N) is 3. The van der Waals surface area contributed by atoms with Gasteiger partial charge >= 0.3 is 5.97 Å². The van der Waals surface area contributed by atoms with Crippen LogP contribution in [0.5, 0.6) is 0 Å². The van der Waals surface area contributed by atoms with Crippen LogP contribution in [0.2, 0.25) is 0 Å². The Balaban J connectivity index is 1.65. The number of carbonyl (C=O) groups is 3. The Kier molecular flexibility index (Phi) is 4.70. The van der Waals surface area contributed by atoms with E-state index in [-0.39, 0.29) is 18.4 Å². The third kappa shape index (κ3) is 3.98. The van der Waals surface area contributed by atoms with E-state index < -0.39 is 17.8 Å². The molecule has 128 valence electrons. The number of benzene rings is 1. The number of imide groups is 1. The van der Waals surface area contributed by atoms with Gasteiger partial charge in [-0.05, 0) is 17.7 Å². The summed E-state index contributed by atoms with van der Waals surface area (Å²) >= 11 is 1.31. The van der Waals surface area contributed by atoms with E-state index in [0.717, 1.165) is 0 Å². The maximum atomic E-state index is 12.1. The highest BCUT2D eigenvalue weighted by Gasteiger charge is 2.33. The second-order valence-electron chi connectivity index (χ2n) is 5.03. The summed E-state index contributed by atoms with van der Waals surface area (Å²) in [5, 5.41) is 6.72. The van der Waals surface area contributed by atoms with E-state index in [0.29, 0.717) is 21.6 Å². The van der Waals surface area contributed by atoms with Crippen LogP contribution in [0.15, 0.2) is 34.7 Å². The van der Waals surface area contributed by atoms with E-state index in [2.05, 4.69) is 15.5 Å². The number of nitrogen functional groups attached to an aromatic ring is 1. The lowest BCUT2D eigenvalue weighted by atomic mass is 10.1. The van der Waals surface area contributed by atoms with Gasteiger partial charge in [0.05, 0.1) is 11.8 Å². The fourth-order valence-corrected chi connectivity index (χ4v) is 2.59. The monoisotopic (exact) mass is 359 g/mol. The number of hydrogen-bond acceptors (Lipinski definition) is 9. The molecule has 0 bridgehead atoms. The number of hydroxylamine groups is 2. The topological polar surface area (TPSA) is 127 Å². The summed E-state index contributed by atoms with van der Waals surface area (Å²) in [5.74, 6) is -1.44. The molecule has 9 nitrogen and oxygen atoms in total. The summed E-state index contributed by atoms with van der Waals surface area (Å²) in [6.45, 7) is 0. The minimum absolute atomic E-state index is 0.0474. The Bertz CT molecular complexity index is 847. The highest BCUT2D eigenvalue weighted by molar-refractivity contribution is 7.14. The molecule has 3 N–H and O–H groups in total. The molecule has 10 heteroatoms. The van der Waals surface area contributed by atoms with E-state index in [4.69, 9.17) is 10.6 Å². The van der Waals surface area contributed by atoms with Gasteiger partial charge < -0.3 is 10.6 Å². The van der Waals surface area contributed by atoms with Crippen molar-refractivity contribution in [2.45, 2.75) is 12.8 Å². The minimum Gasteiger partial charge on any atom is -0.383 e. The second kappa shape index (κ2) is 7.09. The first-order valence-corrected chi connectivity index (χ1v) is 8.09. The Labute approximate surface area is 146 Å². The molecule has 0 aliphatic carbocycles. The number of nitrogens with one attached hydrogen (secondary N) is 1. The summed E-state index contributed by atoms with van der Waals surface area (Å²) in [5.41, 5.74) is 9.03. The van der Waals surface area contributed by atoms with Crippen molar-refractivity contribution >= 4 is 46.3 Å². The van der Waals surface area contributed by atoms with Crippen LogP contribution in [0, 0.1) is 0 Å². The molecular weight excluding hydrogens is 346 g/mol. The van der Waals surface area contributed by atoms with Crippen molar-refractivity contribution in [1.82, 2.24) is 10.0 Å². The summed E-state index contributed by atoms with van der Waals surface area (Å²) < 4.78 is 0. The fourth-order valence-electron chi connectivity index (χ4n) is 2.04. The molecule has 2 heterocycles. The van der Waals surface area contributed by atoms with E-state index in [1.807, 2.05) is 0 Å². The molecule has 0 saturated carbocycles. The van der Waals surface area contributed by atoms with E-state index in [1.54, 1.807) is 17.5 Å². The molecule has 1 aromatic carbocycles. The molecule has 1 aliphatic heterocycles. The first kappa shape index (κ1) is 16.6. The first-order valence-electron chi connectivity index (χ1n) is 7.21. The zero-order valence-electron chi connectivity index (χ0n) is 12.8. The lowest BCUT2D eigenvalue weighted by Gasteiger charge is -2.12. The number of aromatic nitrogens is 1. The van der Waals surface area contributed by atoms with Gasteiger partial charge in [-0.3, -0.25) is 15.0 Å². The van der Waals surface area contributed by atoms with Crippen LogP contribution in [-0.4, -0.2) is 34.0 Å². The van der Waals surface area contributed by atoms with Gasteiger partial charge in [-0.1, -0.05) is 12.1 Å². The standard InChI is InChI=1S/C15H13N5O4S/c16-11-8-25-15(18-11)19-17-7-9-2-1-3-10(6-9)14(23)24-20-12(21)4-5-13(20)22/h1-3,6-8H,4-5,16H2,(H,18,19). The first-order chi connectivity index (χ1) is 12.0. The van der Waals surface area contributed by atoms with Gasteiger partial charge in [0.15, 0.2) is 0 Å². The number of hydrazone groups is 1. The molecule has 0 radical (unpaired) electrons. The predicted molar refractivity (Wildman–Crippen MR) is 90.7 cm³/mol. The van der Waals surface area contributed by atoms with Crippen molar-refractivity contribution in [3.05, 3.63) is 40.8 Å². The largest absolute Gasteiger partial charge is 0.383 e. The summed E-state index contributed by atoms with van der Waals surface area (Å²) in [4.78, 5) is 43.9. The number of anilines is 2. The van der Waals surface area contributed by atoms with Crippen LogP contribution < -0.4 is 11.2 Å². The zero-order chi connectivity index (χ0) is 17.8. The van der Waals surface area contributed by atoms with Crippen molar-refractivity contribution in [3.8, 4) is 0 Å². The molecule has 1 fully saturated rings. The smallest absolute Gasteiger partial charge is 0.363 e. The molecule has 1 saturated heterocycles. The average molecular weight is 359 g/mol. The Morgan fingerprint density at radius 3 is 2.80 bits per heavy atom. The van der Waals surface area contributed by atoms with E-state index >= 15 is 0 Å². The van der Waals surface area contributed by atoms with E-state index in [1.165, 1.54) is 29.7 Å². The Morgan fingerprint density at radius 1 is 1.36 bits per heavy atom.